The van der Waals surface area contributed by atoms with E-state index in [1.54, 1.807) is 26.0 Å². The lowest BCUT2D eigenvalue weighted by atomic mass is 10.1. The van der Waals surface area contributed by atoms with Gasteiger partial charge in [-0.1, -0.05) is 0 Å². The Bertz CT molecular complexity index is 347. The lowest BCUT2D eigenvalue weighted by Gasteiger charge is -2.21. The van der Waals surface area contributed by atoms with Gasteiger partial charge in [-0.05, 0) is 27.8 Å². The van der Waals surface area contributed by atoms with Crippen molar-refractivity contribution >= 4 is 17.8 Å². The van der Waals surface area contributed by atoms with Gasteiger partial charge in [0.15, 0.2) is 0 Å². The van der Waals surface area contributed by atoms with Gasteiger partial charge in [0.25, 0.3) is 0 Å². The maximum atomic E-state index is 11.6. The summed E-state index contributed by atoms with van der Waals surface area (Å²) in [5, 5.41) is 4.83. The van der Waals surface area contributed by atoms with Crippen molar-refractivity contribution in [3.05, 3.63) is 0 Å². The number of rotatable bonds is 4. The fourth-order valence-electron chi connectivity index (χ4n) is 1.21. The number of likely N-dealkylation sites (N-methyl/N-ethyl adjacent to an activating group) is 2. The molecule has 0 fully saturated rings. The normalized spacial score (nSPS) is 11.1. The van der Waals surface area contributed by atoms with Gasteiger partial charge in [0, 0.05) is 19.6 Å². The first-order valence-corrected chi connectivity index (χ1v) is 6.02. The molecule has 4 amide bonds. The molecule has 0 bridgehead atoms. The fraction of sp³-hybridized carbons (Fsp3) is 0.750. The Hall–Kier alpha value is -1.63. The van der Waals surface area contributed by atoms with Crippen molar-refractivity contribution < 1.29 is 14.4 Å². The number of carbonyl (C=O) groups is 3. The van der Waals surface area contributed by atoms with Crippen LogP contribution in [0.15, 0.2) is 0 Å². The molecule has 0 atom stereocenters. The lowest BCUT2D eigenvalue weighted by molar-refractivity contribution is -0.130. The van der Waals surface area contributed by atoms with E-state index in [1.165, 1.54) is 4.90 Å². The molecule has 0 unspecified atom stereocenters. The van der Waals surface area contributed by atoms with E-state index in [4.69, 9.17) is 0 Å². The average Bonchev–Trinajstić information content (AvgIpc) is 2.12. The second-order valence-corrected chi connectivity index (χ2v) is 5.71. The van der Waals surface area contributed by atoms with Crippen LogP contribution in [0.3, 0.4) is 0 Å². The van der Waals surface area contributed by atoms with Crippen molar-refractivity contribution in [1.82, 2.24) is 20.4 Å². The second-order valence-electron chi connectivity index (χ2n) is 5.71. The minimum Gasteiger partial charge on any atom is -0.348 e. The van der Waals surface area contributed by atoms with E-state index in [0.717, 1.165) is 0 Å². The summed E-state index contributed by atoms with van der Waals surface area (Å²) in [4.78, 5) is 37.4. The molecule has 0 aromatic carbocycles. The van der Waals surface area contributed by atoms with Gasteiger partial charge in [-0.25, -0.2) is 4.79 Å². The second kappa shape index (κ2) is 7.08. The third-order valence-electron chi connectivity index (χ3n) is 2.06. The molecule has 7 heteroatoms. The molecule has 0 saturated carbocycles. The molecule has 0 aliphatic heterocycles. The summed E-state index contributed by atoms with van der Waals surface area (Å²) in [5.41, 5.74) is -0.406. The number of hydrogen-bond donors (Lipinski definition) is 2. The third kappa shape index (κ3) is 9.01. The van der Waals surface area contributed by atoms with Crippen LogP contribution in [0, 0.1) is 0 Å². The van der Waals surface area contributed by atoms with Gasteiger partial charge in [0.1, 0.15) is 0 Å². The third-order valence-corrected chi connectivity index (χ3v) is 2.06. The molecule has 2 N–H and O–H groups in total. The molecule has 0 aliphatic rings. The van der Waals surface area contributed by atoms with E-state index in [0.29, 0.717) is 0 Å². The van der Waals surface area contributed by atoms with Gasteiger partial charge >= 0.3 is 6.03 Å². The number of nitrogens with one attached hydrogen (secondary N) is 2. The Balaban J connectivity index is 4.11. The standard InChI is InChI=1S/C12H24N4O3/c1-12(2,3)14-11(19)13-9(17)7-16(6)8-10(18)15(4)5/h7-8H2,1-6H3,(H2,13,14,17,19). The highest BCUT2D eigenvalue weighted by Gasteiger charge is 2.17. The highest BCUT2D eigenvalue weighted by atomic mass is 16.2. The van der Waals surface area contributed by atoms with Crippen LogP contribution in [-0.4, -0.2) is 67.4 Å². The summed E-state index contributed by atoms with van der Waals surface area (Å²) in [5.74, 6) is -0.551. The van der Waals surface area contributed by atoms with E-state index >= 15 is 0 Å². The number of urea groups is 1. The molecule has 0 radical (unpaired) electrons. The zero-order valence-corrected chi connectivity index (χ0v) is 12.5. The Morgan fingerprint density at radius 1 is 1.00 bits per heavy atom. The number of hydrogen-bond acceptors (Lipinski definition) is 4. The largest absolute Gasteiger partial charge is 0.348 e. The summed E-state index contributed by atoms with van der Waals surface area (Å²) < 4.78 is 0. The van der Waals surface area contributed by atoms with Crippen molar-refractivity contribution in [2.75, 3.05) is 34.2 Å². The van der Waals surface area contributed by atoms with Crippen molar-refractivity contribution in [2.24, 2.45) is 0 Å². The maximum absolute atomic E-state index is 11.6. The van der Waals surface area contributed by atoms with Crippen LogP contribution in [-0.2, 0) is 9.59 Å². The number of nitrogens with zero attached hydrogens (tertiary/aromatic N) is 2. The first-order valence-electron chi connectivity index (χ1n) is 6.02. The van der Waals surface area contributed by atoms with Crippen LogP contribution in [0.2, 0.25) is 0 Å². The lowest BCUT2D eigenvalue weighted by Crippen LogP contribution is -2.50. The van der Waals surface area contributed by atoms with Crippen LogP contribution in [0.25, 0.3) is 0 Å². The summed E-state index contributed by atoms with van der Waals surface area (Å²) in [7, 11) is 4.93. The Kier molecular flexibility index (Phi) is 6.47. The highest BCUT2D eigenvalue weighted by molar-refractivity contribution is 5.95. The summed E-state index contributed by atoms with van der Waals surface area (Å²) >= 11 is 0. The monoisotopic (exact) mass is 272 g/mol. The molecule has 7 nitrogen and oxygen atoms in total. The van der Waals surface area contributed by atoms with Gasteiger partial charge < -0.3 is 10.2 Å². The predicted molar refractivity (Wildman–Crippen MR) is 72.6 cm³/mol. The Morgan fingerprint density at radius 3 is 1.95 bits per heavy atom. The molecular formula is C12H24N4O3. The number of imide groups is 1. The van der Waals surface area contributed by atoms with Crippen LogP contribution >= 0.6 is 0 Å². The quantitative estimate of drug-likeness (QED) is 0.731. The zero-order valence-electron chi connectivity index (χ0n) is 12.5. The van der Waals surface area contributed by atoms with Gasteiger partial charge in [-0.15, -0.1) is 0 Å². The highest BCUT2D eigenvalue weighted by Crippen LogP contribution is 1.97. The van der Waals surface area contributed by atoms with Crippen molar-refractivity contribution in [3.8, 4) is 0 Å². The molecule has 0 saturated heterocycles. The minimum absolute atomic E-state index is 0.0167. The molecule has 110 valence electrons. The van der Waals surface area contributed by atoms with Gasteiger partial charge in [0.05, 0.1) is 13.1 Å². The van der Waals surface area contributed by atoms with Crippen molar-refractivity contribution in [3.63, 3.8) is 0 Å². The smallest absolute Gasteiger partial charge is 0.321 e. The molecule has 0 rings (SSSR count). The van der Waals surface area contributed by atoms with Crippen LogP contribution in [0.5, 0.6) is 0 Å². The summed E-state index contributed by atoms with van der Waals surface area (Å²) in [6.45, 7) is 5.56. The average molecular weight is 272 g/mol. The molecule has 0 heterocycles. The molecule has 0 spiro atoms. The van der Waals surface area contributed by atoms with Gasteiger partial charge in [-0.2, -0.15) is 0 Å². The Morgan fingerprint density at radius 2 is 1.53 bits per heavy atom. The molecule has 19 heavy (non-hydrogen) atoms. The fourth-order valence-corrected chi connectivity index (χ4v) is 1.21. The molecule has 0 aromatic heterocycles. The van der Waals surface area contributed by atoms with Gasteiger partial charge in [0.2, 0.25) is 11.8 Å². The number of carbonyl (C=O) groups excluding carboxylic acids is 3. The minimum atomic E-state index is -0.537. The van der Waals surface area contributed by atoms with Crippen molar-refractivity contribution in [1.29, 1.82) is 0 Å². The first-order chi connectivity index (χ1) is 8.51. The summed E-state index contributed by atoms with van der Waals surface area (Å²) in [6.07, 6.45) is 0. The maximum Gasteiger partial charge on any atom is 0.321 e. The number of amides is 4. The molecule has 0 aromatic rings. The first kappa shape index (κ1) is 17.4. The predicted octanol–water partition coefficient (Wildman–Crippen LogP) is -0.369. The topological polar surface area (TPSA) is 81.8 Å². The SMILES string of the molecule is CN(CC(=O)NC(=O)NC(C)(C)C)CC(=O)N(C)C. The summed E-state index contributed by atoms with van der Waals surface area (Å²) in [6, 6.07) is -0.537. The van der Waals surface area contributed by atoms with E-state index in [-0.39, 0.29) is 19.0 Å². The van der Waals surface area contributed by atoms with E-state index in [2.05, 4.69) is 10.6 Å². The zero-order chi connectivity index (χ0) is 15.2. The van der Waals surface area contributed by atoms with Crippen LogP contribution in [0.1, 0.15) is 20.8 Å². The molecule has 0 aliphatic carbocycles. The van der Waals surface area contributed by atoms with E-state index in [9.17, 15) is 14.4 Å². The van der Waals surface area contributed by atoms with Crippen LogP contribution < -0.4 is 10.6 Å². The van der Waals surface area contributed by atoms with Crippen LogP contribution in [0.4, 0.5) is 4.79 Å². The van der Waals surface area contributed by atoms with E-state index in [1.807, 2.05) is 20.8 Å². The van der Waals surface area contributed by atoms with Crippen molar-refractivity contribution in [2.45, 2.75) is 26.3 Å². The van der Waals surface area contributed by atoms with Gasteiger partial charge in [-0.3, -0.25) is 19.8 Å². The Labute approximate surface area is 114 Å². The molecular weight excluding hydrogens is 248 g/mol. The van der Waals surface area contributed by atoms with E-state index < -0.39 is 17.5 Å².